The van der Waals surface area contributed by atoms with Gasteiger partial charge in [0.2, 0.25) is 0 Å². The Kier molecular flexibility index (Phi) is 6.24. The second-order valence-electron chi connectivity index (χ2n) is 6.46. The number of carbonyl (C=O) groups excluding carboxylic acids is 1. The van der Waals surface area contributed by atoms with Crippen molar-refractivity contribution in [2.24, 2.45) is 0 Å². The fourth-order valence-corrected chi connectivity index (χ4v) is 1.96. The molecular weight excluding hydrogens is 327 g/mol. The van der Waals surface area contributed by atoms with Crippen LogP contribution in [-0.4, -0.2) is 34.6 Å². The maximum absolute atomic E-state index is 12.8. The van der Waals surface area contributed by atoms with Crippen molar-refractivity contribution in [3.8, 4) is 0 Å². The van der Waals surface area contributed by atoms with Gasteiger partial charge in [-0.3, -0.25) is 0 Å². The molecule has 1 rings (SSSR count). The Morgan fingerprint density at radius 1 is 1.25 bits per heavy atom. The van der Waals surface area contributed by atoms with Gasteiger partial charge in [0, 0.05) is 6.54 Å². The number of rotatable bonds is 4. The molecule has 1 aromatic rings. The summed E-state index contributed by atoms with van der Waals surface area (Å²) in [5.41, 5.74) is -1.31. The van der Waals surface area contributed by atoms with Crippen LogP contribution < -0.4 is 5.32 Å². The highest BCUT2D eigenvalue weighted by Gasteiger charge is 2.32. The van der Waals surface area contributed by atoms with E-state index in [2.05, 4.69) is 5.32 Å². The predicted molar refractivity (Wildman–Crippen MR) is 81.4 cm³/mol. The number of alkyl halides is 3. The van der Waals surface area contributed by atoms with Gasteiger partial charge in [0.25, 0.3) is 0 Å². The van der Waals surface area contributed by atoms with Gasteiger partial charge in [-0.1, -0.05) is 6.07 Å². The van der Waals surface area contributed by atoms with E-state index in [4.69, 9.17) is 4.74 Å². The van der Waals surface area contributed by atoms with Gasteiger partial charge in [0.1, 0.15) is 17.8 Å². The zero-order chi connectivity index (χ0) is 18.7. The molecule has 0 aliphatic rings. The molecule has 136 valence electrons. The Hall–Kier alpha value is -1.80. The number of halogens is 3. The van der Waals surface area contributed by atoms with Crippen LogP contribution in [0.3, 0.4) is 0 Å². The Bertz CT molecular complexity index is 582. The van der Waals surface area contributed by atoms with Crippen molar-refractivity contribution >= 4 is 6.09 Å². The van der Waals surface area contributed by atoms with Crippen LogP contribution in [0.15, 0.2) is 18.2 Å². The summed E-state index contributed by atoms with van der Waals surface area (Å²) < 4.78 is 43.2. The number of benzene rings is 1. The molecule has 24 heavy (non-hydrogen) atoms. The van der Waals surface area contributed by atoms with Crippen LogP contribution in [0.4, 0.5) is 18.0 Å². The Labute approximate surface area is 138 Å². The maximum Gasteiger partial charge on any atom is 0.416 e. The summed E-state index contributed by atoms with van der Waals surface area (Å²) in [7, 11) is 0. The molecule has 0 fully saturated rings. The topological polar surface area (TPSA) is 78.8 Å². The minimum absolute atomic E-state index is 0.0525. The summed E-state index contributed by atoms with van der Waals surface area (Å²) in [4.78, 5) is 11.5. The number of aliphatic hydroxyl groups excluding tert-OH is 2. The quantitative estimate of drug-likeness (QED) is 0.781. The van der Waals surface area contributed by atoms with Gasteiger partial charge in [0.05, 0.1) is 5.56 Å². The van der Waals surface area contributed by atoms with E-state index in [1.54, 1.807) is 20.8 Å². The van der Waals surface area contributed by atoms with Crippen molar-refractivity contribution in [1.82, 2.24) is 5.32 Å². The summed E-state index contributed by atoms with van der Waals surface area (Å²) >= 11 is 0. The molecule has 3 N–H and O–H groups in total. The number of carbonyl (C=O) groups is 1. The lowest BCUT2D eigenvalue weighted by Gasteiger charge is -2.23. The minimum atomic E-state index is -4.55. The van der Waals surface area contributed by atoms with E-state index in [-0.39, 0.29) is 12.1 Å². The molecule has 0 spiro atoms. The number of ether oxygens (including phenoxy) is 1. The number of aryl methyl sites for hydroxylation is 1. The van der Waals surface area contributed by atoms with Crippen LogP contribution in [-0.2, 0) is 10.9 Å². The third-order valence-corrected chi connectivity index (χ3v) is 3.14. The van der Waals surface area contributed by atoms with Gasteiger partial charge < -0.3 is 20.3 Å². The highest BCUT2D eigenvalue weighted by atomic mass is 19.4. The van der Waals surface area contributed by atoms with Gasteiger partial charge in [-0.05, 0) is 51.0 Å². The van der Waals surface area contributed by atoms with Crippen LogP contribution in [0, 0.1) is 6.92 Å². The molecule has 0 aliphatic carbocycles. The highest BCUT2D eigenvalue weighted by Crippen LogP contribution is 2.32. The minimum Gasteiger partial charge on any atom is -0.444 e. The third kappa shape index (κ3) is 6.01. The summed E-state index contributed by atoms with van der Waals surface area (Å²) in [5, 5.41) is 22.3. The number of amides is 1. The fourth-order valence-electron chi connectivity index (χ4n) is 1.96. The normalized spacial score (nSPS) is 14.9. The predicted octanol–water partition coefficient (Wildman–Crippen LogP) is 2.93. The third-order valence-electron chi connectivity index (χ3n) is 3.14. The summed E-state index contributed by atoms with van der Waals surface area (Å²) in [6, 6.07) is 2.91. The van der Waals surface area contributed by atoms with Gasteiger partial charge in [-0.15, -0.1) is 0 Å². The Balaban J connectivity index is 2.79. The molecule has 2 unspecified atom stereocenters. The van der Waals surface area contributed by atoms with Crippen LogP contribution in [0.25, 0.3) is 0 Å². The van der Waals surface area contributed by atoms with Crippen molar-refractivity contribution in [2.75, 3.05) is 6.54 Å². The molecule has 8 heteroatoms. The monoisotopic (exact) mass is 349 g/mol. The number of hydrogen-bond donors (Lipinski definition) is 3. The van der Waals surface area contributed by atoms with Crippen molar-refractivity contribution in [2.45, 2.75) is 51.7 Å². The molecule has 1 aromatic carbocycles. The smallest absolute Gasteiger partial charge is 0.416 e. The van der Waals surface area contributed by atoms with E-state index >= 15 is 0 Å². The van der Waals surface area contributed by atoms with E-state index in [0.29, 0.717) is 5.56 Å². The second kappa shape index (κ2) is 7.40. The molecule has 0 saturated heterocycles. The number of nitrogens with one attached hydrogen (secondary N) is 1. The second-order valence-corrected chi connectivity index (χ2v) is 6.46. The Morgan fingerprint density at radius 3 is 2.33 bits per heavy atom. The summed E-state index contributed by atoms with van der Waals surface area (Å²) in [5.74, 6) is 0. The lowest BCUT2D eigenvalue weighted by molar-refractivity contribution is -0.137. The van der Waals surface area contributed by atoms with Crippen molar-refractivity contribution in [3.05, 3.63) is 34.9 Å². The van der Waals surface area contributed by atoms with E-state index < -0.39 is 35.6 Å². The zero-order valence-electron chi connectivity index (χ0n) is 13.9. The van der Waals surface area contributed by atoms with E-state index in [9.17, 15) is 28.2 Å². The highest BCUT2D eigenvalue weighted by molar-refractivity contribution is 5.67. The molecule has 0 aliphatic heterocycles. The molecule has 1 amide bonds. The van der Waals surface area contributed by atoms with Gasteiger partial charge in [0.15, 0.2) is 0 Å². The fraction of sp³-hybridized carbons (Fsp3) is 0.562. The van der Waals surface area contributed by atoms with Crippen LogP contribution in [0.5, 0.6) is 0 Å². The first-order chi connectivity index (χ1) is 10.8. The maximum atomic E-state index is 12.8. The molecule has 0 saturated carbocycles. The van der Waals surface area contributed by atoms with Crippen molar-refractivity contribution < 1.29 is 32.9 Å². The molecule has 5 nitrogen and oxygen atoms in total. The largest absolute Gasteiger partial charge is 0.444 e. The van der Waals surface area contributed by atoms with Crippen molar-refractivity contribution in [3.63, 3.8) is 0 Å². The Morgan fingerprint density at radius 2 is 1.83 bits per heavy atom. The van der Waals surface area contributed by atoms with E-state index in [1.807, 2.05) is 0 Å². The van der Waals surface area contributed by atoms with Crippen LogP contribution in [0.2, 0.25) is 0 Å². The number of hydrogen-bond acceptors (Lipinski definition) is 4. The first-order valence-corrected chi connectivity index (χ1v) is 7.32. The first kappa shape index (κ1) is 20.2. The van der Waals surface area contributed by atoms with Crippen LogP contribution >= 0.6 is 0 Å². The first-order valence-electron chi connectivity index (χ1n) is 7.32. The lowest BCUT2D eigenvalue weighted by Crippen LogP contribution is -2.39. The SMILES string of the molecule is Cc1ccc(C(F)(F)F)cc1C(O)C(O)CNC(=O)OC(C)(C)C. The van der Waals surface area contributed by atoms with Crippen molar-refractivity contribution in [1.29, 1.82) is 0 Å². The molecule has 0 bridgehead atoms. The molecule has 0 heterocycles. The zero-order valence-corrected chi connectivity index (χ0v) is 13.9. The van der Waals surface area contributed by atoms with E-state index in [1.165, 1.54) is 13.0 Å². The summed E-state index contributed by atoms with van der Waals surface area (Å²) in [6.45, 7) is 6.12. The van der Waals surface area contributed by atoms with Crippen LogP contribution in [0.1, 0.15) is 43.6 Å². The van der Waals surface area contributed by atoms with Gasteiger partial charge in [-0.25, -0.2) is 4.79 Å². The number of aliphatic hydroxyl groups is 2. The molecular formula is C16H22F3NO4. The molecule has 0 radical (unpaired) electrons. The van der Waals surface area contributed by atoms with Gasteiger partial charge >= 0.3 is 12.3 Å². The average molecular weight is 349 g/mol. The number of alkyl carbamates (subject to hydrolysis) is 1. The van der Waals surface area contributed by atoms with E-state index in [0.717, 1.165) is 12.1 Å². The van der Waals surface area contributed by atoms with Gasteiger partial charge in [-0.2, -0.15) is 13.2 Å². The lowest BCUT2D eigenvalue weighted by atomic mass is 9.97. The molecule has 2 atom stereocenters. The molecule has 0 aromatic heterocycles. The summed E-state index contributed by atoms with van der Waals surface area (Å²) in [6.07, 6.45) is -8.42. The standard InChI is InChI=1S/C16H22F3NO4/c1-9-5-6-10(16(17,18)19)7-11(9)13(22)12(21)8-20-14(23)24-15(2,3)4/h5-7,12-13,21-22H,8H2,1-4H3,(H,20,23). The average Bonchev–Trinajstić information content (AvgIpc) is 2.41.